The molecule has 19 heavy (non-hydrogen) atoms. The molecule has 2 aliphatic rings. The van der Waals surface area contributed by atoms with Crippen LogP contribution in [0.4, 0.5) is 13.2 Å². The van der Waals surface area contributed by atoms with E-state index in [0.717, 1.165) is 4.90 Å². The Morgan fingerprint density at radius 1 is 1.42 bits per heavy atom. The highest BCUT2D eigenvalue weighted by atomic mass is 19.4. The van der Waals surface area contributed by atoms with E-state index in [9.17, 15) is 22.8 Å². The maximum atomic E-state index is 12.5. The van der Waals surface area contributed by atoms with E-state index >= 15 is 0 Å². The number of carboxylic acid groups (broad SMARTS) is 1. The average Bonchev–Trinajstić information content (AvgIpc) is 2.97. The topological polar surface area (TPSA) is 79.2 Å². The highest BCUT2D eigenvalue weighted by molar-refractivity contribution is 6.36. The van der Waals surface area contributed by atoms with Crippen molar-refractivity contribution in [2.45, 2.75) is 25.1 Å². The van der Waals surface area contributed by atoms with Gasteiger partial charge in [0.05, 0.1) is 5.92 Å². The van der Waals surface area contributed by atoms with E-state index in [1.807, 2.05) is 0 Å². The summed E-state index contributed by atoms with van der Waals surface area (Å²) in [7, 11) is 0. The second-order valence-corrected chi connectivity index (χ2v) is 4.45. The number of hydrogen-bond donors (Lipinski definition) is 1. The molecule has 106 valence electrons. The highest BCUT2D eigenvalue weighted by Crippen LogP contribution is 2.34. The van der Waals surface area contributed by atoms with Gasteiger partial charge in [-0.15, -0.1) is 0 Å². The van der Waals surface area contributed by atoms with E-state index in [2.05, 4.69) is 9.99 Å². The van der Waals surface area contributed by atoms with Crippen LogP contribution in [0, 0.1) is 5.92 Å². The Bertz CT molecular complexity index is 435. The van der Waals surface area contributed by atoms with Crippen LogP contribution in [-0.4, -0.2) is 53.0 Å². The van der Waals surface area contributed by atoms with Crippen LogP contribution in [0.2, 0.25) is 0 Å². The number of nitrogens with zero attached hydrogens (tertiary/aromatic N) is 2. The van der Waals surface area contributed by atoms with Gasteiger partial charge in [0.1, 0.15) is 0 Å². The fourth-order valence-electron chi connectivity index (χ4n) is 2.07. The van der Waals surface area contributed by atoms with Crippen molar-refractivity contribution in [2.24, 2.45) is 11.1 Å². The molecule has 1 N–H and O–H groups in total. The third-order valence-corrected chi connectivity index (χ3v) is 3.15. The number of halogens is 3. The van der Waals surface area contributed by atoms with Crippen molar-refractivity contribution in [3.63, 3.8) is 0 Å². The lowest BCUT2D eigenvalue weighted by Gasteiger charge is -2.20. The summed E-state index contributed by atoms with van der Waals surface area (Å²) in [4.78, 5) is 28.1. The lowest BCUT2D eigenvalue weighted by Crippen LogP contribution is -2.39. The molecule has 2 heterocycles. The van der Waals surface area contributed by atoms with Crippen LogP contribution in [0.5, 0.6) is 0 Å². The van der Waals surface area contributed by atoms with Crippen molar-refractivity contribution in [3.8, 4) is 0 Å². The van der Waals surface area contributed by atoms with Gasteiger partial charge < -0.3 is 14.8 Å². The number of carbonyl (C=O) groups excluding carboxylic acids is 1. The maximum Gasteiger partial charge on any atom is 0.393 e. The molecule has 0 aliphatic carbocycles. The van der Waals surface area contributed by atoms with E-state index in [1.54, 1.807) is 0 Å². The van der Waals surface area contributed by atoms with Gasteiger partial charge in [0.25, 0.3) is 5.91 Å². The Hall–Kier alpha value is -1.80. The van der Waals surface area contributed by atoms with Gasteiger partial charge in [-0.2, -0.15) is 13.2 Å². The van der Waals surface area contributed by atoms with Crippen LogP contribution in [0.1, 0.15) is 12.8 Å². The average molecular weight is 280 g/mol. The largest absolute Gasteiger partial charge is 0.477 e. The summed E-state index contributed by atoms with van der Waals surface area (Å²) in [5, 5.41) is 11.9. The second kappa shape index (κ2) is 4.71. The molecule has 1 fully saturated rings. The zero-order valence-electron chi connectivity index (χ0n) is 9.68. The molecule has 0 aromatic heterocycles. The molecule has 2 aliphatic heterocycles. The van der Waals surface area contributed by atoms with Gasteiger partial charge in [-0.3, -0.25) is 4.79 Å². The van der Waals surface area contributed by atoms with E-state index in [-0.39, 0.29) is 25.1 Å². The Labute approximate surface area is 105 Å². The monoisotopic (exact) mass is 280 g/mol. The third kappa shape index (κ3) is 2.79. The first-order valence-corrected chi connectivity index (χ1v) is 5.60. The molecule has 2 unspecified atom stereocenters. The van der Waals surface area contributed by atoms with Crippen LogP contribution < -0.4 is 0 Å². The number of carboxylic acids is 1. The first kappa shape index (κ1) is 13.6. The van der Waals surface area contributed by atoms with Crippen molar-refractivity contribution >= 4 is 17.6 Å². The van der Waals surface area contributed by atoms with Gasteiger partial charge in [-0.25, -0.2) is 4.79 Å². The first-order valence-electron chi connectivity index (χ1n) is 5.60. The van der Waals surface area contributed by atoms with Crippen LogP contribution in [0.15, 0.2) is 5.16 Å². The van der Waals surface area contributed by atoms with Crippen molar-refractivity contribution < 1.29 is 32.7 Å². The van der Waals surface area contributed by atoms with Crippen molar-refractivity contribution in [2.75, 3.05) is 13.1 Å². The van der Waals surface area contributed by atoms with Gasteiger partial charge in [-0.05, 0) is 6.42 Å². The van der Waals surface area contributed by atoms with Crippen molar-refractivity contribution in [1.82, 2.24) is 4.90 Å². The lowest BCUT2D eigenvalue weighted by atomic mass is 10.1. The minimum absolute atomic E-state index is 0.00866. The third-order valence-electron chi connectivity index (χ3n) is 3.15. The first-order chi connectivity index (χ1) is 8.79. The number of likely N-dealkylation sites (tertiary alicyclic amines) is 1. The van der Waals surface area contributed by atoms with Crippen LogP contribution >= 0.6 is 0 Å². The molecule has 9 heteroatoms. The zero-order valence-corrected chi connectivity index (χ0v) is 9.68. The molecule has 0 saturated carbocycles. The molecule has 0 aromatic rings. The number of alkyl halides is 3. The molecule has 1 amide bonds. The molecule has 6 nitrogen and oxygen atoms in total. The SMILES string of the molecule is O=C(O)C1=NOC(C(=O)N2CCC(C(F)(F)F)C2)C1. The van der Waals surface area contributed by atoms with E-state index in [1.165, 1.54) is 0 Å². The Morgan fingerprint density at radius 3 is 2.58 bits per heavy atom. The number of carbonyl (C=O) groups is 2. The summed E-state index contributed by atoms with van der Waals surface area (Å²) in [5.41, 5.74) is -0.301. The van der Waals surface area contributed by atoms with E-state index in [4.69, 9.17) is 5.11 Å². The standard InChI is InChI=1S/C10H11F3N2O4/c11-10(12,13)5-1-2-15(4-5)8(16)7-3-6(9(17)18)14-19-7/h5,7H,1-4H2,(H,17,18). The Balaban J connectivity index is 1.91. The summed E-state index contributed by atoms with van der Waals surface area (Å²) in [6.45, 7) is -0.421. The van der Waals surface area contributed by atoms with Gasteiger partial charge in [0.15, 0.2) is 5.71 Å². The molecule has 0 radical (unpaired) electrons. The molecule has 2 rings (SSSR count). The molecule has 0 aromatic carbocycles. The Kier molecular flexibility index (Phi) is 3.38. The zero-order chi connectivity index (χ0) is 14.2. The predicted octanol–water partition coefficient (Wildman–Crippen LogP) is 0.627. The number of hydrogen-bond acceptors (Lipinski definition) is 4. The van der Waals surface area contributed by atoms with Crippen LogP contribution in [-0.2, 0) is 14.4 Å². The predicted molar refractivity (Wildman–Crippen MR) is 55.3 cm³/mol. The molecule has 1 saturated heterocycles. The van der Waals surface area contributed by atoms with Gasteiger partial charge in [0.2, 0.25) is 6.10 Å². The van der Waals surface area contributed by atoms with E-state index in [0.29, 0.717) is 0 Å². The number of aliphatic carboxylic acids is 1. The summed E-state index contributed by atoms with van der Waals surface area (Å²) in [5.74, 6) is -3.48. The number of amides is 1. The smallest absolute Gasteiger partial charge is 0.393 e. The molecule has 0 bridgehead atoms. The van der Waals surface area contributed by atoms with Gasteiger partial charge in [-0.1, -0.05) is 5.16 Å². The number of rotatable bonds is 2. The maximum absolute atomic E-state index is 12.5. The van der Waals surface area contributed by atoms with Gasteiger partial charge >= 0.3 is 12.1 Å². The normalized spacial score (nSPS) is 27.1. The minimum atomic E-state index is -4.33. The fourth-order valence-corrected chi connectivity index (χ4v) is 2.07. The number of oxime groups is 1. The quantitative estimate of drug-likeness (QED) is 0.804. The summed E-state index contributed by atoms with van der Waals surface area (Å²) < 4.78 is 37.4. The molecular formula is C10H11F3N2O4. The van der Waals surface area contributed by atoms with Crippen molar-refractivity contribution in [3.05, 3.63) is 0 Å². The van der Waals surface area contributed by atoms with E-state index < -0.39 is 36.6 Å². The molecule has 0 spiro atoms. The minimum Gasteiger partial charge on any atom is -0.477 e. The Morgan fingerprint density at radius 2 is 2.11 bits per heavy atom. The van der Waals surface area contributed by atoms with Crippen LogP contribution in [0.3, 0.4) is 0 Å². The lowest BCUT2D eigenvalue weighted by molar-refractivity contribution is -0.171. The highest BCUT2D eigenvalue weighted by Gasteiger charge is 2.46. The fraction of sp³-hybridized carbons (Fsp3) is 0.700. The summed E-state index contributed by atoms with van der Waals surface area (Å²) in [6, 6.07) is 0. The molecular weight excluding hydrogens is 269 g/mol. The van der Waals surface area contributed by atoms with Gasteiger partial charge in [0, 0.05) is 19.5 Å². The summed E-state index contributed by atoms with van der Waals surface area (Å²) in [6.07, 6.45) is -5.82. The molecule has 2 atom stereocenters. The van der Waals surface area contributed by atoms with Crippen LogP contribution in [0.25, 0.3) is 0 Å². The van der Waals surface area contributed by atoms with Crippen molar-refractivity contribution in [1.29, 1.82) is 0 Å². The summed E-state index contributed by atoms with van der Waals surface area (Å²) >= 11 is 0. The second-order valence-electron chi connectivity index (χ2n) is 4.45.